The summed E-state index contributed by atoms with van der Waals surface area (Å²) < 4.78 is 6.74. The Labute approximate surface area is 170 Å². The monoisotopic (exact) mass is 408 g/mol. The van der Waals surface area contributed by atoms with Crippen molar-refractivity contribution in [3.05, 3.63) is 74.9 Å². The lowest BCUT2D eigenvalue weighted by Crippen LogP contribution is -2.25. The number of fused-ring (bicyclic) bond motifs is 1. The Hall–Kier alpha value is -3.26. The molecule has 1 N–H and O–H groups in total. The molecule has 148 valence electrons. The molecular formula is C21H20N4O3S. The molecule has 0 spiro atoms. The first-order valence-corrected chi connectivity index (χ1v) is 10.1. The van der Waals surface area contributed by atoms with E-state index in [0.29, 0.717) is 28.4 Å². The number of nitrogens with zero attached hydrogens (tertiary/aromatic N) is 3. The molecule has 3 heterocycles. The number of hydrogen-bond acceptors (Lipinski definition) is 6. The molecule has 7 nitrogen and oxygen atoms in total. The van der Waals surface area contributed by atoms with Crippen LogP contribution in [0, 0.1) is 5.92 Å². The van der Waals surface area contributed by atoms with Gasteiger partial charge in [-0.25, -0.2) is 4.68 Å². The Morgan fingerprint density at radius 2 is 1.97 bits per heavy atom. The van der Waals surface area contributed by atoms with E-state index < -0.39 is 0 Å². The quantitative estimate of drug-likeness (QED) is 0.529. The Bertz CT molecular complexity index is 1260. The molecule has 29 heavy (non-hydrogen) atoms. The summed E-state index contributed by atoms with van der Waals surface area (Å²) in [4.78, 5) is 29.7. The van der Waals surface area contributed by atoms with Crippen molar-refractivity contribution < 1.29 is 4.74 Å². The van der Waals surface area contributed by atoms with E-state index in [1.165, 1.54) is 28.3 Å². The average Bonchev–Trinajstić information content (AvgIpc) is 3.15. The van der Waals surface area contributed by atoms with Crippen LogP contribution in [0.4, 0.5) is 0 Å². The smallest absolute Gasteiger partial charge is 0.278 e. The molecule has 0 aliphatic heterocycles. The van der Waals surface area contributed by atoms with Crippen LogP contribution in [0.5, 0.6) is 5.75 Å². The van der Waals surface area contributed by atoms with Gasteiger partial charge in [0.25, 0.3) is 5.56 Å². The van der Waals surface area contributed by atoms with Crippen molar-refractivity contribution in [1.82, 2.24) is 20.0 Å². The van der Waals surface area contributed by atoms with Crippen LogP contribution < -0.4 is 15.7 Å². The summed E-state index contributed by atoms with van der Waals surface area (Å²) in [6, 6.07) is 13.1. The highest BCUT2D eigenvalue weighted by molar-refractivity contribution is 7.21. The normalized spacial score (nSPS) is 11.3. The second-order valence-corrected chi connectivity index (χ2v) is 8.17. The maximum atomic E-state index is 12.9. The molecule has 0 bridgehead atoms. The third-order valence-electron chi connectivity index (χ3n) is 4.31. The van der Waals surface area contributed by atoms with Gasteiger partial charge in [-0.05, 0) is 17.5 Å². The number of ether oxygens (including phenoxy) is 1. The summed E-state index contributed by atoms with van der Waals surface area (Å²) in [5.74, 6) is 0.586. The maximum absolute atomic E-state index is 12.9. The summed E-state index contributed by atoms with van der Waals surface area (Å²) in [6.45, 7) is 4.61. The second-order valence-electron chi connectivity index (χ2n) is 7.14. The highest BCUT2D eigenvalue weighted by Gasteiger charge is 2.12. The van der Waals surface area contributed by atoms with E-state index in [4.69, 9.17) is 4.74 Å². The molecule has 0 atom stereocenters. The average molecular weight is 408 g/mol. The van der Waals surface area contributed by atoms with E-state index in [1.807, 2.05) is 50.2 Å². The van der Waals surface area contributed by atoms with Gasteiger partial charge in [-0.1, -0.05) is 49.4 Å². The van der Waals surface area contributed by atoms with Crippen molar-refractivity contribution in [3.8, 4) is 16.2 Å². The van der Waals surface area contributed by atoms with Crippen LogP contribution in [0.1, 0.15) is 19.5 Å². The first-order chi connectivity index (χ1) is 14.0. The van der Waals surface area contributed by atoms with Gasteiger partial charge in [-0.15, -0.1) is 16.4 Å². The number of nitrogens with one attached hydrogen (secondary N) is 1. The van der Waals surface area contributed by atoms with Gasteiger partial charge in [0.2, 0.25) is 5.43 Å². The highest BCUT2D eigenvalue weighted by atomic mass is 32.1. The third-order valence-corrected chi connectivity index (χ3v) is 5.38. The zero-order chi connectivity index (χ0) is 20.4. The van der Waals surface area contributed by atoms with Gasteiger partial charge < -0.3 is 9.72 Å². The summed E-state index contributed by atoms with van der Waals surface area (Å²) in [5.41, 5.74) is 1.11. The van der Waals surface area contributed by atoms with Crippen LogP contribution in [0.25, 0.3) is 20.7 Å². The minimum atomic E-state index is -0.241. The number of hydrogen-bond donors (Lipinski definition) is 1. The molecule has 4 rings (SSSR count). The minimum Gasteiger partial charge on any atom is -0.488 e. The highest BCUT2D eigenvalue weighted by Crippen LogP contribution is 2.30. The summed E-state index contributed by atoms with van der Waals surface area (Å²) in [5, 5.41) is 8.74. The first kappa shape index (κ1) is 19.1. The Kier molecular flexibility index (Phi) is 5.26. The molecule has 0 saturated carbocycles. The van der Waals surface area contributed by atoms with E-state index in [-0.39, 0.29) is 23.3 Å². The molecule has 1 aromatic carbocycles. The Balaban J connectivity index is 1.62. The van der Waals surface area contributed by atoms with Crippen molar-refractivity contribution in [2.45, 2.75) is 20.4 Å². The van der Waals surface area contributed by atoms with E-state index in [1.54, 1.807) is 0 Å². The first-order valence-electron chi connectivity index (χ1n) is 9.28. The molecule has 0 fully saturated rings. The summed E-state index contributed by atoms with van der Waals surface area (Å²) in [7, 11) is 0. The van der Waals surface area contributed by atoms with Crippen LogP contribution >= 0.6 is 11.3 Å². The van der Waals surface area contributed by atoms with E-state index in [0.717, 1.165) is 10.4 Å². The van der Waals surface area contributed by atoms with Crippen LogP contribution in [-0.4, -0.2) is 26.6 Å². The number of pyridine rings is 1. The molecular weight excluding hydrogens is 388 g/mol. The van der Waals surface area contributed by atoms with Crippen molar-refractivity contribution in [2.24, 2.45) is 5.92 Å². The molecule has 3 aromatic heterocycles. The fraction of sp³-hybridized carbons (Fsp3) is 0.238. The topological polar surface area (TPSA) is 89.9 Å². The van der Waals surface area contributed by atoms with Crippen LogP contribution in [-0.2, 0) is 6.54 Å². The lowest BCUT2D eigenvalue weighted by Gasteiger charge is -2.09. The fourth-order valence-electron chi connectivity index (χ4n) is 2.85. The molecule has 0 radical (unpaired) electrons. The third kappa shape index (κ3) is 4.12. The van der Waals surface area contributed by atoms with Crippen LogP contribution in [0.3, 0.4) is 0 Å². The van der Waals surface area contributed by atoms with Gasteiger partial charge in [0, 0.05) is 22.8 Å². The largest absolute Gasteiger partial charge is 0.488 e. The molecule has 0 amide bonds. The maximum Gasteiger partial charge on any atom is 0.278 e. The molecule has 0 aliphatic rings. The standard InChI is InChI=1S/C21H20N4O3S/c1-13(2)12-28-18-10-22-15(8-17(18)26)11-25-21(27)16-9-19(29-20(16)23-24-25)14-6-4-3-5-7-14/h3-10,13H,11-12H2,1-2H3,(H,22,26). The molecule has 0 aliphatic carbocycles. The van der Waals surface area contributed by atoms with Gasteiger partial charge in [-0.2, -0.15) is 0 Å². The number of benzene rings is 1. The number of thiophene rings is 1. The van der Waals surface area contributed by atoms with Gasteiger partial charge in [-0.3, -0.25) is 9.59 Å². The van der Waals surface area contributed by atoms with Gasteiger partial charge in [0.1, 0.15) is 0 Å². The molecule has 0 saturated heterocycles. The lowest BCUT2D eigenvalue weighted by molar-refractivity contribution is 0.267. The van der Waals surface area contributed by atoms with Crippen molar-refractivity contribution in [3.63, 3.8) is 0 Å². The summed E-state index contributed by atoms with van der Waals surface area (Å²) >= 11 is 1.43. The van der Waals surface area contributed by atoms with Crippen molar-refractivity contribution in [2.75, 3.05) is 6.61 Å². The molecule has 4 aromatic rings. The van der Waals surface area contributed by atoms with E-state index in [2.05, 4.69) is 15.3 Å². The van der Waals surface area contributed by atoms with Gasteiger partial charge >= 0.3 is 0 Å². The van der Waals surface area contributed by atoms with Gasteiger partial charge in [0.15, 0.2) is 10.6 Å². The predicted octanol–water partition coefficient (Wildman–Crippen LogP) is 3.29. The Morgan fingerprint density at radius 3 is 2.69 bits per heavy atom. The zero-order valence-corrected chi connectivity index (χ0v) is 16.9. The van der Waals surface area contributed by atoms with Crippen molar-refractivity contribution >= 4 is 21.6 Å². The number of H-pyrrole nitrogens is 1. The van der Waals surface area contributed by atoms with Crippen molar-refractivity contribution in [1.29, 1.82) is 0 Å². The lowest BCUT2D eigenvalue weighted by atomic mass is 10.2. The Morgan fingerprint density at radius 1 is 1.17 bits per heavy atom. The number of aromatic amines is 1. The van der Waals surface area contributed by atoms with Gasteiger partial charge in [0.05, 0.1) is 18.5 Å². The molecule has 8 heteroatoms. The zero-order valence-electron chi connectivity index (χ0n) is 16.1. The summed E-state index contributed by atoms with van der Waals surface area (Å²) in [6.07, 6.45) is 1.52. The number of rotatable bonds is 6. The van der Waals surface area contributed by atoms with E-state index in [9.17, 15) is 9.59 Å². The minimum absolute atomic E-state index is 0.123. The molecule has 0 unspecified atom stereocenters. The predicted molar refractivity (Wildman–Crippen MR) is 114 cm³/mol. The van der Waals surface area contributed by atoms with Crippen LogP contribution in [0.2, 0.25) is 0 Å². The number of aromatic nitrogens is 4. The van der Waals surface area contributed by atoms with Crippen LogP contribution in [0.15, 0.2) is 58.3 Å². The SMILES string of the molecule is CC(C)COc1c[nH]c(Cn2nnc3sc(-c4ccccc4)cc3c2=O)cc1=O. The van der Waals surface area contributed by atoms with E-state index >= 15 is 0 Å². The fourth-order valence-corrected chi connectivity index (χ4v) is 3.83. The second kappa shape index (κ2) is 8.00.